The molecule has 0 aliphatic heterocycles. The highest BCUT2D eigenvalue weighted by atomic mass is 16.5. The van der Waals surface area contributed by atoms with E-state index >= 15 is 0 Å². The van der Waals surface area contributed by atoms with Gasteiger partial charge in [-0.15, -0.1) is 0 Å². The van der Waals surface area contributed by atoms with E-state index in [-0.39, 0.29) is 5.91 Å². The first-order valence-corrected chi connectivity index (χ1v) is 9.71. The molecule has 0 aliphatic carbocycles. The molecule has 0 fully saturated rings. The zero-order chi connectivity index (χ0) is 20.5. The number of ether oxygens (including phenoxy) is 3. The number of carbonyl (C=O) groups excluding carboxylic acids is 1. The van der Waals surface area contributed by atoms with Crippen LogP contribution in [0.4, 0.5) is 0 Å². The first-order chi connectivity index (χ1) is 13.5. The Hall–Kier alpha value is -2.69. The Balaban J connectivity index is 1.82. The average Bonchev–Trinajstić information content (AvgIpc) is 2.71. The molecular formula is C23H31NO4. The number of hydrogen-bond acceptors (Lipinski definition) is 4. The van der Waals surface area contributed by atoms with E-state index in [4.69, 9.17) is 14.2 Å². The third kappa shape index (κ3) is 5.91. The predicted molar refractivity (Wildman–Crippen MR) is 111 cm³/mol. The monoisotopic (exact) mass is 385 g/mol. The van der Waals surface area contributed by atoms with Gasteiger partial charge in [-0.05, 0) is 74.1 Å². The number of hydrogen-bond donors (Lipinski definition) is 1. The molecule has 2 rings (SSSR count). The van der Waals surface area contributed by atoms with Crippen LogP contribution in [0.15, 0.2) is 36.4 Å². The molecule has 1 amide bonds. The minimum atomic E-state index is -0.483. The average molecular weight is 386 g/mol. The first-order valence-electron chi connectivity index (χ1n) is 9.71. The van der Waals surface area contributed by atoms with Crippen LogP contribution in [0, 0.1) is 13.8 Å². The fourth-order valence-corrected chi connectivity index (χ4v) is 2.93. The van der Waals surface area contributed by atoms with Gasteiger partial charge in [-0.2, -0.15) is 0 Å². The van der Waals surface area contributed by atoms with Gasteiger partial charge in [-0.1, -0.05) is 19.1 Å². The SMILES string of the molecule is CC[C@H](Oc1ccc(C)c(C)c1)C(=O)NCCCc1ccc(OC)c(OC)c1. The molecule has 0 saturated heterocycles. The van der Waals surface area contributed by atoms with Gasteiger partial charge in [-0.3, -0.25) is 4.79 Å². The van der Waals surface area contributed by atoms with Crippen LogP contribution in [0.1, 0.15) is 36.5 Å². The van der Waals surface area contributed by atoms with E-state index < -0.39 is 6.10 Å². The van der Waals surface area contributed by atoms with E-state index in [0.29, 0.717) is 18.7 Å². The summed E-state index contributed by atoms with van der Waals surface area (Å²) in [5.74, 6) is 2.09. The van der Waals surface area contributed by atoms with Crippen molar-refractivity contribution in [3.8, 4) is 17.2 Å². The van der Waals surface area contributed by atoms with Crippen LogP contribution in [-0.4, -0.2) is 32.8 Å². The van der Waals surface area contributed by atoms with Gasteiger partial charge in [0.25, 0.3) is 5.91 Å². The fraction of sp³-hybridized carbons (Fsp3) is 0.435. The Morgan fingerprint density at radius 1 is 1.00 bits per heavy atom. The smallest absolute Gasteiger partial charge is 0.261 e. The molecule has 2 aromatic rings. The Kier molecular flexibility index (Phi) is 8.18. The second-order valence-electron chi connectivity index (χ2n) is 6.84. The normalized spacial score (nSPS) is 11.6. The standard InChI is InChI=1S/C23H31NO4/c1-6-20(28-19-11-9-16(2)17(3)14-19)23(25)24-13-7-8-18-10-12-21(26-4)22(15-18)27-5/h9-12,14-15,20H,6-8,13H2,1-5H3,(H,24,25)/t20-/m0/s1. The van der Waals surface area contributed by atoms with E-state index in [1.807, 2.05) is 50.2 Å². The minimum absolute atomic E-state index is 0.0759. The molecule has 152 valence electrons. The van der Waals surface area contributed by atoms with Crippen molar-refractivity contribution in [3.05, 3.63) is 53.1 Å². The van der Waals surface area contributed by atoms with Crippen LogP contribution in [0.2, 0.25) is 0 Å². The third-order valence-electron chi connectivity index (χ3n) is 4.81. The molecule has 0 heterocycles. The highest BCUT2D eigenvalue weighted by molar-refractivity contribution is 5.81. The summed E-state index contributed by atoms with van der Waals surface area (Å²) >= 11 is 0. The molecule has 5 heteroatoms. The Morgan fingerprint density at radius 2 is 1.75 bits per heavy atom. The Labute approximate surface area is 168 Å². The number of benzene rings is 2. The lowest BCUT2D eigenvalue weighted by Crippen LogP contribution is -2.38. The maximum atomic E-state index is 12.5. The first kappa shape index (κ1) is 21.6. The fourth-order valence-electron chi connectivity index (χ4n) is 2.93. The number of aryl methyl sites for hydroxylation is 3. The van der Waals surface area contributed by atoms with E-state index in [1.54, 1.807) is 14.2 Å². The molecule has 0 bridgehead atoms. The van der Waals surface area contributed by atoms with Crippen molar-refractivity contribution in [2.24, 2.45) is 0 Å². The summed E-state index contributed by atoms with van der Waals surface area (Å²) in [5.41, 5.74) is 3.51. The van der Waals surface area contributed by atoms with Crippen molar-refractivity contribution in [2.75, 3.05) is 20.8 Å². The van der Waals surface area contributed by atoms with Crippen LogP contribution in [0.3, 0.4) is 0 Å². The molecule has 0 radical (unpaired) electrons. The van der Waals surface area contributed by atoms with E-state index in [2.05, 4.69) is 12.2 Å². The van der Waals surface area contributed by atoms with Crippen LogP contribution in [0.25, 0.3) is 0 Å². The van der Waals surface area contributed by atoms with E-state index in [1.165, 1.54) is 5.56 Å². The van der Waals surface area contributed by atoms with Crippen LogP contribution in [0.5, 0.6) is 17.2 Å². The molecule has 0 unspecified atom stereocenters. The summed E-state index contributed by atoms with van der Waals surface area (Å²) in [5, 5.41) is 2.98. The zero-order valence-corrected chi connectivity index (χ0v) is 17.5. The van der Waals surface area contributed by atoms with Gasteiger partial charge in [0.05, 0.1) is 14.2 Å². The lowest BCUT2D eigenvalue weighted by molar-refractivity contribution is -0.128. The molecule has 0 spiro atoms. The molecule has 2 aromatic carbocycles. The van der Waals surface area contributed by atoms with Gasteiger partial charge >= 0.3 is 0 Å². The molecular weight excluding hydrogens is 354 g/mol. The summed E-state index contributed by atoms with van der Waals surface area (Å²) in [7, 11) is 3.25. The zero-order valence-electron chi connectivity index (χ0n) is 17.5. The summed E-state index contributed by atoms with van der Waals surface area (Å²) < 4.78 is 16.5. The second-order valence-corrected chi connectivity index (χ2v) is 6.84. The quantitative estimate of drug-likeness (QED) is 0.622. The number of carbonyl (C=O) groups is 1. The van der Waals surface area contributed by atoms with Gasteiger partial charge in [0.2, 0.25) is 0 Å². The highest BCUT2D eigenvalue weighted by Crippen LogP contribution is 2.27. The summed E-state index contributed by atoms with van der Waals surface area (Å²) in [4.78, 5) is 12.5. The van der Waals surface area contributed by atoms with Crippen molar-refractivity contribution < 1.29 is 19.0 Å². The molecule has 0 aliphatic rings. The van der Waals surface area contributed by atoms with E-state index in [0.717, 1.165) is 35.5 Å². The number of nitrogens with one attached hydrogen (secondary N) is 1. The third-order valence-corrected chi connectivity index (χ3v) is 4.81. The van der Waals surface area contributed by atoms with Crippen molar-refractivity contribution >= 4 is 5.91 Å². The van der Waals surface area contributed by atoms with Crippen molar-refractivity contribution in [3.63, 3.8) is 0 Å². The summed E-state index contributed by atoms with van der Waals surface area (Å²) in [6, 6.07) is 11.8. The van der Waals surface area contributed by atoms with Crippen molar-refractivity contribution in [2.45, 2.75) is 46.1 Å². The van der Waals surface area contributed by atoms with Gasteiger partial charge in [0.15, 0.2) is 17.6 Å². The summed E-state index contributed by atoms with van der Waals surface area (Å²) in [6.07, 6.45) is 1.81. The number of rotatable bonds is 10. The number of methoxy groups -OCH3 is 2. The molecule has 0 saturated carbocycles. The van der Waals surface area contributed by atoms with Gasteiger partial charge in [0, 0.05) is 6.54 Å². The minimum Gasteiger partial charge on any atom is -0.493 e. The Morgan fingerprint density at radius 3 is 2.39 bits per heavy atom. The topological polar surface area (TPSA) is 56.8 Å². The molecule has 28 heavy (non-hydrogen) atoms. The lowest BCUT2D eigenvalue weighted by Gasteiger charge is -2.18. The number of amides is 1. The molecule has 5 nitrogen and oxygen atoms in total. The summed E-state index contributed by atoms with van der Waals surface area (Å²) in [6.45, 7) is 6.65. The molecule has 1 N–H and O–H groups in total. The lowest BCUT2D eigenvalue weighted by atomic mass is 10.1. The van der Waals surface area contributed by atoms with Crippen molar-refractivity contribution in [1.82, 2.24) is 5.32 Å². The Bertz CT molecular complexity index is 788. The second kappa shape index (κ2) is 10.6. The van der Waals surface area contributed by atoms with Crippen LogP contribution in [-0.2, 0) is 11.2 Å². The van der Waals surface area contributed by atoms with Gasteiger partial charge in [0.1, 0.15) is 5.75 Å². The van der Waals surface area contributed by atoms with E-state index in [9.17, 15) is 4.79 Å². The largest absolute Gasteiger partial charge is 0.493 e. The predicted octanol–water partition coefficient (Wildman–Crippen LogP) is 4.23. The van der Waals surface area contributed by atoms with Gasteiger partial charge < -0.3 is 19.5 Å². The highest BCUT2D eigenvalue weighted by Gasteiger charge is 2.18. The molecule has 1 atom stereocenters. The van der Waals surface area contributed by atoms with Crippen LogP contribution >= 0.6 is 0 Å². The van der Waals surface area contributed by atoms with Crippen molar-refractivity contribution in [1.29, 1.82) is 0 Å². The van der Waals surface area contributed by atoms with Crippen LogP contribution < -0.4 is 19.5 Å². The maximum Gasteiger partial charge on any atom is 0.261 e. The van der Waals surface area contributed by atoms with Gasteiger partial charge in [-0.25, -0.2) is 0 Å². The maximum absolute atomic E-state index is 12.5. The molecule has 0 aromatic heterocycles.